The maximum absolute atomic E-state index is 14.8. The maximum Gasteiger partial charge on any atom is 0.318 e. The number of pyridine rings is 1. The molecule has 7 rings (SSSR count). The Hall–Kier alpha value is -4.20. The topological polar surface area (TPSA) is 107 Å². The van der Waals surface area contributed by atoms with E-state index in [-0.39, 0.29) is 28.3 Å². The van der Waals surface area contributed by atoms with E-state index in [9.17, 15) is 14.3 Å². The summed E-state index contributed by atoms with van der Waals surface area (Å²) >= 11 is 0. The van der Waals surface area contributed by atoms with E-state index < -0.39 is 5.82 Å². The van der Waals surface area contributed by atoms with Crippen molar-refractivity contribution in [3.8, 4) is 35.4 Å². The second-order valence-electron chi connectivity index (χ2n) is 12.3. The van der Waals surface area contributed by atoms with Gasteiger partial charge in [-0.1, -0.05) is 12.0 Å². The Kier molecular flexibility index (Phi) is 6.33. The van der Waals surface area contributed by atoms with E-state index >= 15 is 0 Å². The Labute approximate surface area is 242 Å². The summed E-state index contributed by atoms with van der Waals surface area (Å²) < 4.78 is 21.0. The Bertz CT molecular complexity index is 1810. The molecule has 0 spiro atoms. The average Bonchev–Trinajstić information content (AvgIpc) is 3.64. The smallest absolute Gasteiger partial charge is 0.318 e. The summed E-state index contributed by atoms with van der Waals surface area (Å²) in [6, 6.07) is 8.45. The normalized spacial score (nSPS) is 20.8. The van der Waals surface area contributed by atoms with Crippen molar-refractivity contribution in [2.45, 2.75) is 37.8 Å². The number of aromatic hydroxyl groups is 1. The van der Waals surface area contributed by atoms with E-state index in [0.717, 1.165) is 45.3 Å². The van der Waals surface area contributed by atoms with Gasteiger partial charge in [0.05, 0.1) is 23.4 Å². The van der Waals surface area contributed by atoms with Crippen molar-refractivity contribution in [1.29, 1.82) is 0 Å². The monoisotopic (exact) mass is 568 g/mol. The number of nitrogens with one attached hydrogen (secondary N) is 2. The number of nitrogens with zero attached hydrogens (tertiary/aromatic N) is 4. The minimum Gasteiger partial charge on any atom is -0.508 e. The van der Waals surface area contributed by atoms with Gasteiger partial charge in [0.1, 0.15) is 22.8 Å². The molecule has 2 aromatic heterocycles. The number of ether oxygens (including phenoxy) is 1. The molecule has 1 saturated carbocycles. The molecule has 4 aromatic rings. The van der Waals surface area contributed by atoms with Crippen LogP contribution >= 0.6 is 0 Å². The van der Waals surface area contributed by atoms with Crippen LogP contribution in [-0.2, 0) is 0 Å². The van der Waals surface area contributed by atoms with Crippen LogP contribution in [0.2, 0.25) is 0 Å². The van der Waals surface area contributed by atoms with Crippen LogP contribution in [0.3, 0.4) is 0 Å². The fourth-order valence-corrected chi connectivity index (χ4v) is 6.72. The van der Waals surface area contributed by atoms with E-state index in [1.807, 2.05) is 0 Å². The number of aromatic nitrogens is 3. The molecule has 2 unspecified atom stereocenters. The minimum atomic E-state index is -0.555. The zero-order valence-electron chi connectivity index (χ0n) is 23.7. The van der Waals surface area contributed by atoms with E-state index in [1.54, 1.807) is 12.1 Å². The molecular formula is C32H33FN6O3. The van der Waals surface area contributed by atoms with Crippen LogP contribution in [0, 0.1) is 23.6 Å². The third kappa shape index (κ3) is 4.72. The van der Waals surface area contributed by atoms with E-state index in [1.165, 1.54) is 18.2 Å². The molecule has 0 radical (unpaired) electrons. The van der Waals surface area contributed by atoms with Crippen molar-refractivity contribution in [2.24, 2.45) is 5.41 Å². The Morgan fingerprint density at radius 2 is 1.93 bits per heavy atom. The lowest BCUT2D eigenvalue weighted by Crippen LogP contribution is -2.51. The zero-order valence-corrected chi connectivity index (χ0v) is 23.7. The van der Waals surface area contributed by atoms with Crippen LogP contribution in [0.1, 0.15) is 31.2 Å². The van der Waals surface area contributed by atoms with Crippen molar-refractivity contribution >= 4 is 27.5 Å². The highest BCUT2D eigenvalue weighted by Gasteiger charge is 2.44. The fraction of sp³-hybridized carbons (Fsp3) is 0.406. The molecule has 216 valence electrons. The number of hydrogen-bond acceptors (Lipinski definition) is 8. The van der Waals surface area contributed by atoms with Gasteiger partial charge in [0.15, 0.2) is 0 Å². The van der Waals surface area contributed by atoms with Gasteiger partial charge in [-0.05, 0) is 69.4 Å². The molecule has 2 saturated heterocycles. The lowest BCUT2D eigenvalue weighted by Gasteiger charge is -2.34. The van der Waals surface area contributed by atoms with Gasteiger partial charge in [0.25, 0.3) is 5.56 Å². The third-order valence-electron chi connectivity index (χ3n) is 8.77. The third-order valence-corrected chi connectivity index (χ3v) is 8.77. The molecule has 10 heteroatoms. The summed E-state index contributed by atoms with van der Waals surface area (Å²) in [5, 5.41) is 15.5. The molecule has 2 aliphatic heterocycles. The highest BCUT2D eigenvalue weighted by molar-refractivity contribution is 6.02. The van der Waals surface area contributed by atoms with Crippen LogP contribution < -0.4 is 20.5 Å². The van der Waals surface area contributed by atoms with Gasteiger partial charge in [-0.3, -0.25) is 4.79 Å². The molecule has 0 amide bonds. The number of hydrogen-bond donors (Lipinski definition) is 3. The van der Waals surface area contributed by atoms with Crippen molar-refractivity contribution in [1.82, 2.24) is 25.2 Å². The summed E-state index contributed by atoms with van der Waals surface area (Å²) in [6.07, 6.45) is 10.0. The maximum atomic E-state index is 14.8. The number of H-pyrrole nitrogens is 1. The number of rotatable bonds is 7. The van der Waals surface area contributed by atoms with E-state index in [2.05, 4.69) is 40.1 Å². The number of phenols is 1. The predicted octanol–water partition coefficient (Wildman–Crippen LogP) is 3.63. The molecule has 4 heterocycles. The first-order valence-corrected chi connectivity index (χ1v) is 14.4. The Morgan fingerprint density at radius 3 is 2.62 bits per heavy atom. The molecule has 3 aliphatic rings. The van der Waals surface area contributed by atoms with Crippen LogP contribution in [-0.4, -0.2) is 77.4 Å². The largest absolute Gasteiger partial charge is 0.508 e. The SMILES string of the molecule is C#Cc1c(F)ccc2cc(O)cc(-c3cc4nc(OCC5(CN(C)C)CC5)nc(N5CC6CCC(C5)N6)c4c(=O)[nH]3)c12. The first-order chi connectivity index (χ1) is 20.2. The second-order valence-corrected chi connectivity index (χ2v) is 12.3. The van der Waals surface area contributed by atoms with Crippen LogP contribution in [0.15, 0.2) is 35.1 Å². The summed E-state index contributed by atoms with van der Waals surface area (Å²) in [5.74, 6) is 2.40. The number of aromatic amines is 1. The minimum absolute atomic E-state index is 0.0349. The number of phenolic OH excluding ortho intramolecular Hbond substituents is 1. The van der Waals surface area contributed by atoms with Crippen LogP contribution in [0.5, 0.6) is 11.8 Å². The molecule has 1 aliphatic carbocycles. The number of halogens is 1. The summed E-state index contributed by atoms with van der Waals surface area (Å²) in [5.41, 5.74) is 0.928. The van der Waals surface area contributed by atoms with Crippen LogP contribution in [0.4, 0.5) is 10.2 Å². The molecule has 3 N–H and O–H groups in total. The van der Waals surface area contributed by atoms with Gasteiger partial charge < -0.3 is 29.9 Å². The van der Waals surface area contributed by atoms with Gasteiger partial charge in [0.2, 0.25) is 0 Å². The van der Waals surface area contributed by atoms with Gasteiger partial charge in [-0.15, -0.1) is 6.42 Å². The molecule has 2 bridgehead atoms. The molecule has 3 fully saturated rings. The number of benzene rings is 2. The van der Waals surface area contributed by atoms with Gasteiger partial charge in [0, 0.05) is 48.1 Å². The summed E-state index contributed by atoms with van der Waals surface area (Å²) in [4.78, 5) is 30.6. The van der Waals surface area contributed by atoms with Crippen molar-refractivity contribution < 1.29 is 14.2 Å². The lowest BCUT2D eigenvalue weighted by atomic mass is 9.96. The number of terminal acetylenes is 1. The Morgan fingerprint density at radius 1 is 1.17 bits per heavy atom. The zero-order chi connectivity index (χ0) is 29.2. The van der Waals surface area contributed by atoms with Gasteiger partial charge >= 0.3 is 6.01 Å². The summed E-state index contributed by atoms with van der Waals surface area (Å²) in [7, 11) is 4.11. The van der Waals surface area contributed by atoms with E-state index in [4.69, 9.17) is 21.1 Å². The highest BCUT2D eigenvalue weighted by atomic mass is 19.1. The first kappa shape index (κ1) is 26.7. The summed E-state index contributed by atoms with van der Waals surface area (Å²) in [6.45, 7) is 2.86. The lowest BCUT2D eigenvalue weighted by molar-refractivity contribution is 0.183. The number of fused-ring (bicyclic) bond motifs is 4. The molecular weight excluding hydrogens is 535 g/mol. The Balaban J connectivity index is 1.38. The molecule has 2 aromatic carbocycles. The first-order valence-electron chi connectivity index (χ1n) is 14.4. The number of piperazine rings is 1. The van der Waals surface area contributed by atoms with Crippen molar-refractivity contribution in [2.75, 3.05) is 45.2 Å². The van der Waals surface area contributed by atoms with Gasteiger partial charge in [-0.25, -0.2) is 4.39 Å². The second kappa shape index (κ2) is 9.96. The quantitative estimate of drug-likeness (QED) is 0.291. The van der Waals surface area contributed by atoms with E-state index in [0.29, 0.717) is 57.4 Å². The standard InChI is InChI=1S/C32H33FN6O3/c1-4-22-24(33)8-5-18-11-21(40)12-23(27(18)22)25-13-26-28(30(41)35-25)29(39-14-19-6-7-20(15-39)34-19)37-31(36-26)42-17-32(9-10-32)16-38(2)3/h1,5,8,11-13,19-20,34,40H,6-7,9-10,14-17H2,2-3H3,(H,35,41). The van der Waals surface area contributed by atoms with Gasteiger partial charge in [-0.2, -0.15) is 9.97 Å². The van der Waals surface area contributed by atoms with Crippen molar-refractivity contribution in [3.63, 3.8) is 0 Å². The van der Waals surface area contributed by atoms with Crippen molar-refractivity contribution in [3.05, 3.63) is 52.1 Å². The van der Waals surface area contributed by atoms with Crippen LogP contribution in [0.25, 0.3) is 32.9 Å². The average molecular weight is 569 g/mol. The molecule has 42 heavy (non-hydrogen) atoms. The molecule has 2 atom stereocenters. The number of anilines is 1. The predicted molar refractivity (Wildman–Crippen MR) is 161 cm³/mol. The highest BCUT2D eigenvalue weighted by Crippen LogP contribution is 2.46. The fourth-order valence-electron chi connectivity index (χ4n) is 6.72. The molecule has 9 nitrogen and oxygen atoms in total.